The van der Waals surface area contributed by atoms with E-state index in [0.29, 0.717) is 0 Å². The first kappa shape index (κ1) is 13.7. The highest BCUT2D eigenvalue weighted by molar-refractivity contribution is 9.10. The summed E-state index contributed by atoms with van der Waals surface area (Å²) in [5, 5.41) is 3.35. The topological polar surface area (TPSA) is 12.0 Å². The quantitative estimate of drug-likeness (QED) is 0.875. The first-order chi connectivity index (χ1) is 7.36. The first-order valence-electron chi connectivity index (χ1n) is 5.54. The Morgan fingerprint density at radius 3 is 2.50 bits per heavy atom. The highest BCUT2D eigenvalue weighted by Crippen LogP contribution is 2.35. The molecule has 0 aliphatic heterocycles. The van der Waals surface area contributed by atoms with E-state index in [2.05, 4.69) is 42.0 Å². The molecule has 0 bridgehead atoms. The van der Waals surface area contributed by atoms with Crippen LogP contribution in [0.3, 0.4) is 0 Å². The lowest BCUT2D eigenvalue weighted by molar-refractivity contribution is 0.270. The summed E-state index contributed by atoms with van der Waals surface area (Å²) in [7, 11) is 0. The lowest BCUT2D eigenvalue weighted by atomic mass is 9.82. The summed E-state index contributed by atoms with van der Waals surface area (Å²) in [6.07, 6.45) is 0. The number of rotatable bonds is 3. The van der Waals surface area contributed by atoms with Crippen molar-refractivity contribution in [1.29, 1.82) is 0 Å². The smallest absolute Gasteiger partial charge is 0.128 e. The van der Waals surface area contributed by atoms with Crippen molar-refractivity contribution in [2.45, 2.75) is 33.7 Å². The lowest BCUT2D eigenvalue weighted by Gasteiger charge is -2.32. The van der Waals surface area contributed by atoms with Gasteiger partial charge in [0.25, 0.3) is 0 Å². The summed E-state index contributed by atoms with van der Waals surface area (Å²) in [5.74, 6) is -0.149. The second-order valence-corrected chi connectivity index (χ2v) is 5.94. The van der Waals surface area contributed by atoms with Crippen LogP contribution in [-0.4, -0.2) is 6.54 Å². The zero-order valence-electron chi connectivity index (χ0n) is 10.3. The molecule has 1 nitrogen and oxygen atoms in total. The van der Waals surface area contributed by atoms with Gasteiger partial charge in [-0.3, -0.25) is 0 Å². The average Bonchev–Trinajstić information content (AvgIpc) is 2.17. The Kier molecular flexibility index (Phi) is 4.51. The first-order valence-corrected chi connectivity index (χ1v) is 6.34. The van der Waals surface area contributed by atoms with Gasteiger partial charge < -0.3 is 5.32 Å². The molecule has 1 aromatic rings. The molecule has 0 saturated heterocycles. The average molecular weight is 288 g/mol. The van der Waals surface area contributed by atoms with Crippen LogP contribution in [0, 0.1) is 11.2 Å². The van der Waals surface area contributed by atoms with Crippen molar-refractivity contribution < 1.29 is 4.39 Å². The zero-order valence-corrected chi connectivity index (χ0v) is 11.9. The second kappa shape index (κ2) is 5.28. The zero-order chi connectivity index (χ0) is 12.3. The molecule has 0 aromatic heterocycles. The third kappa shape index (κ3) is 3.29. The maximum atomic E-state index is 13.8. The van der Waals surface area contributed by atoms with Crippen LogP contribution >= 0.6 is 15.9 Å². The summed E-state index contributed by atoms with van der Waals surface area (Å²) in [6.45, 7) is 9.20. The molecular weight excluding hydrogens is 269 g/mol. The van der Waals surface area contributed by atoms with Crippen LogP contribution in [0.1, 0.15) is 39.3 Å². The third-order valence-electron chi connectivity index (χ3n) is 2.54. The largest absolute Gasteiger partial charge is 0.310 e. The molecule has 16 heavy (non-hydrogen) atoms. The molecule has 90 valence electrons. The number of nitrogens with one attached hydrogen (secondary N) is 1. The molecule has 3 heteroatoms. The fourth-order valence-corrected chi connectivity index (χ4v) is 2.20. The van der Waals surface area contributed by atoms with Crippen molar-refractivity contribution in [3.8, 4) is 0 Å². The van der Waals surface area contributed by atoms with Crippen LogP contribution < -0.4 is 5.32 Å². The van der Waals surface area contributed by atoms with E-state index < -0.39 is 0 Å². The van der Waals surface area contributed by atoms with Gasteiger partial charge in [0.15, 0.2) is 0 Å². The Hall–Kier alpha value is -0.410. The van der Waals surface area contributed by atoms with Crippen molar-refractivity contribution in [3.63, 3.8) is 0 Å². The normalized spacial score (nSPS) is 13.9. The summed E-state index contributed by atoms with van der Waals surface area (Å²) in [6, 6.07) is 5.11. The highest BCUT2D eigenvalue weighted by Gasteiger charge is 2.27. The van der Waals surface area contributed by atoms with E-state index >= 15 is 0 Å². The van der Waals surface area contributed by atoms with Crippen LogP contribution in [0.2, 0.25) is 0 Å². The van der Waals surface area contributed by atoms with E-state index in [1.807, 2.05) is 13.0 Å². The maximum Gasteiger partial charge on any atom is 0.128 e. The van der Waals surface area contributed by atoms with Gasteiger partial charge in [-0.2, -0.15) is 0 Å². The molecule has 0 amide bonds. The van der Waals surface area contributed by atoms with Crippen molar-refractivity contribution in [2.24, 2.45) is 5.41 Å². The van der Waals surface area contributed by atoms with Crippen molar-refractivity contribution in [3.05, 3.63) is 34.1 Å². The van der Waals surface area contributed by atoms with E-state index in [4.69, 9.17) is 0 Å². The Balaban J connectivity index is 3.15. The molecule has 1 atom stereocenters. The molecule has 0 aliphatic rings. The molecule has 1 unspecified atom stereocenters. The minimum atomic E-state index is -0.149. The summed E-state index contributed by atoms with van der Waals surface area (Å²) in [4.78, 5) is 0. The minimum absolute atomic E-state index is 0.0162. The van der Waals surface area contributed by atoms with Gasteiger partial charge in [-0.05, 0) is 30.2 Å². The monoisotopic (exact) mass is 287 g/mol. The Bertz CT molecular complexity index is 357. The maximum absolute atomic E-state index is 13.8. The molecule has 0 saturated carbocycles. The fourth-order valence-electron chi connectivity index (χ4n) is 1.82. The van der Waals surface area contributed by atoms with E-state index in [9.17, 15) is 4.39 Å². The Morgan fingerprint density at radius 1 is 1.38 bits per heavy atom. The van der Waals surface area contributed by atoms with E-state index in [-0.39, 0.29) is 17.3 Å². The Labute approximate surface area is 106 Å². The van der Waals surface area contributed by atoms with Gasteiger partial charge in [-0.25, -0.2) is 4.39 Å². The number of hydrogen-bond donors (Lipinski definition) is 1. The standard InChI is InChI=1S/C13H19BrFN/c1-5-16-12(13(2,3)4)10-8-9(14)6-7-11(10)15/h6-8,12,16H,5H2,1-4H3. The van der Waals surface area contributed by atoms with Crippen LogP contribution in [-0.2, 0) is 0 Å². The van der Waals surface area contributed by atoms with Gasteiger partial charge in [0, 0.05) is 16.1 Å². The highest BCUT2D eigenvalue weighted by atomic mass is 79.9. The van der Waals surface area contributed by atoms with Crippen molar-refractivity contribution in [2.75, 3.05) is 6.54 Å². The third-order valence-corrected chi connectivity index (χ3v) is 3.04. The molecule has 0 fully saturated rings. The molecule has 1 N–H and O–H groups in total. The lowest BCUT2D eigenvalue weighted by Crippen LogP contribution is -2.32. The van der Waals surface area contributed by atoms with Gasteiger partial charge in [-0.15, -0.1) is 0 Å². The van der Waals surface area contributed by atoms with Crippen LogP contribution in [0.5, 0.6) is 0 Å². The minimum Gasteiger partial charge on any atom is -0.310 e. The van der Waals surface area contributed by atoms with Gasteiger partial charge >= 0.3 is 0 Å². The predicted molar refractivity (Wildman–Crippen MR) is 70.0 cm³/mol. The number of benzene rings is 1. The van der Waals surface area contributed by atoms with E-state index in [1.165, 1.54) is 6.07 Å². The molecule has 1 aromatic carbocycles. The van der Waals surface area contributed by atoms with Gasteiger partial charge in [0.2, 0.25) is 0 Å². The van der Waals surface area contributed by atoms with Gasteiger partial charge in [0.05, 0.1) is 0 Å². The fraction of sp³-hybridized carbons (Fsp3) is 0.538. The molecule has 1 rings (SSSR count). The summed E-state index contributed by atoms with van der Waals surface area (Å²) < 4.78 is 14.7. The number of hydrogen-bond acceptors (Lipinski definition) is 1. The molecule has 0 spiro atoms. The number of halogens is 2. The van der Waals surface area contributed by atoms with Crippen LogP contribution in [0.15, 0.2) is 22.7 Å². The summed E-state index contributed by atoms with van der Waals surface area (Å²) >= 11 is 3.39. The van der Waals surface area contributed by atoms with Crippen molar-refractivity contribution in [1.82, 2.24) is 5.32 Å². The van der Waals surface area contributed by atoms with E-state index in [0.717, 1.165) is 16.6 Å². The Morgan fingerprint density at radius 2 is 2.00 bits per heavy atom. The van der Waals surface area contributed by atoms with Gasteiger partial charge in [0.1, 0.15) is 5.82 Å². The van der Waals surface area contributed by atoms with Crippen LogP contribution in [0.25, 0.3) is 0 Å². The SMILES string of the molecule is CCNC(c1cc(Br)ccc1F)C(C)(C)C. The van der Waals surface area contributed by atoms with Crippen LogP contribution in [0.4, 0.5) is 4.39 Å². The predicted octanol–water partition coefficient (Wildman–Crippen LogP) is 4.28. The molecular formula is C13H19BrFN. The molecule has 0 radical (unpaired) electrons. The molecule has 0 heterocycles. The van der Waals surface area contributed by atoms with Crippen molar-refractivity contribution >= 4 is 15.9 Å². The second-order valence-electron chi connectivity index (χ2n) is 5.02. The summed E-state index contributed by atoms with van der Waals surface area (Å²) in [5.41, 5.74) is 0.709. The molecule has 0 aliphatic carbocycles. The van der Waals surface area contributed by atoms with Gasteiger partial charge in [-0.1, -0.05) is 43.6 Å². The van der Waals surface area contributed by atoms with E-state index in [1.54, 1.807) is 6.07 Å².